The predicted molar refractivity (Wildman–Crippen MR) is 108 cm³/mol. The lowest BCUT2D eigenvalue weighted by atomic mass is 10.2. The van der Waals surface area contributed by atoms with Crippen LogP contribution in [0.3, 0.4) is 0 Å². The van der Waals surface area contributed by atoms with E-state index in [1.54, 1.807) is 19.2 Å². The van der Waals surface area contributed by atoms with Crippen LogP contribution in [0, 0.1) is 0 Å². The molecule has 0 atom stereocenters. The normalized spacial score (nSPS) is 13.9. The lowest BCUT2D eigenvalue weighted by Crippen LogP contribution is -2.36. The molecule has 1 amide bonds. The third-order valence-corrected chi connectivity index (χ3v) is 4.62. The summed E-state index contributed by atoms with van der Waals surface area (Å²) in [7, 11) is 1.56. The van der Waals surface area contributed by atoms with Crippen LogP contribution in [0.4, 0.5) is 11.4 Å². The average Bonchev–Trinajstić information content (AvgIpc) is 3.23. The molecule has 0 radical (unpaired) electrons. The van der Waals surface area contributed by atoms with Gasteiger partial charge in [-0.3, -0.25) is 4.79 Å². The molecular weight excluding hydrogens is 372 g/mol. The molecule has 1 N–H and O–H groups in total. The number of ether oxygens (including phenoxy) is 2. The first-order chi connectivity index (χ1) is 14.2. The van der Waals surface area contributed by atoms with Gasteiger partial charge in [0, 0.05) is 24.3 Å². The summed E-state index contributed by atoms with van der Waals surface area (Å²) in [4.78, 5) is 15.9. The molecule has 3 aromatic rings. The Morgan fingerprint density at radius 1 is 1.14 bits per heavy atom. The van der Waals surface area contributed by atoms with Crippen LogP contribution in [0.1, 0.15) is 0 Å². The molecular formula is C20H22N6O3. The Morgan fingerprint density at radius 2 is 1.90 bits per heavy atom. The van der Waals surface area contributed by atoms with Crippen molar-refractivity contribution in [3.05, 3.63) is 48.5 Å². The van der Waals surface area contributed by atoms with Gasteiger partial charge in [-0.15, -0.1) is 10.2 Å². The Balaban J connectivity index is 1.39. The minimum Gasteiger partial charge on any atom is -0.495 e. The number of amides is 1. The number of benzene rings is 2. The van der Waals surface area contributed by atoms with Gasteiger partial charge in [0.15, 0.2) is 0 Å². The van der Waals surface area contributed by atoms with Crippen molar-refractivity contribution in [1.29, 1.82) is 0 Å². The predicted octanol–water partition coefficient (Wildman–Crippen LogP) is 1.82. The molecule has 1 fully saturated rings. The van der Waals surface area contributed by atoms with Crippen LogP contribution in [-0.2, 0) is 16.1 Å². The Morgan fingerprint density at radius 3 is 2.66 bits per heavy atom. The van der Waals surface area contributed by atoms with E-state index in [2.05, 4.69) is 25.6 Å². The zero-order chi connectivity index (χ0) is 20.1. The molecule has 29 heavy (non-hydrogen) atoms. The number of aromatic nitrogens is 4. The molecule has 0 unspecified atom stereocenters. The highest BCUT2D eigenvalue weighted by Crippen LogP contribution is 2.23. The smallest absolute Gasteiger partial charge is 0.248 e. The summed E-state index contributed by atoms with van der Waals surface area (Å²) >= 11 is 0. The van der Waals surface area contributed by atoms with Gasteiger partial charge in [0.2, 0.25) is 11.7 Å². The third-order valence-electron chi connectivity index (χ3n) is 4.62. The summed E-state index contributed by atoms with van der Waals surface area (Å²) < 4.78 is 10.6. The van der Waals surface area contributed by atoms with E-state index in [0.29, 0.717) is 17.3 Å². The Labute approximate surface area is 168 Å². The number of hydrogen-bond acceptors (Lipinski definition) is 7. The first-order valence-electron chi connectivity index (χ1n) is 9.37. The van der Waals surface area contributed by atoms with Crippen molar-refractivity contribution in [2.24, 2.45) is 0 Å². The van der Waals surface area contributed by atoms with E-state index < -0.39 is 0 Å². The molecule has 2 aromatic carbocycles. The molecule has 150 valence electrons. The SMILES string of the molecule is COc1ccccc1NC(=O)Cn1nnc(-c2ccc(N3CCOCC3)cc2)n1. The summed E-state index contributed by atoms with van der Waals surface area (Å²) in [5.74, 6) is 0.804. The van der Waals surface area contributed by atoms with Gasteiger partial charge >= 0.3 is 0 Å². The van der Waals surface area contributed by atoms with Gasteiger partial charge in [0.25, 0.3) is 0 Å². The number of nitrogens with one attached hydrogen (secondary N) is 1. The quantitative estimate of drug-likeness (QED) is 0.681. The third kappa shape index (κ3) is 4.52. The summed E-state index contributed by atoms with van der Waals surface area (Å²) in [6.45, 7) is 3.21. The zero-order valence-corrected chi connectivity index (χ0v) is 16.1. The zero-order valence-electron chi connectivity index (χ0n) is 16.1. The maximum absolute atomic E-state index is 12.3. The van der Waals surface area contributed by atoms with Crippen LogP contribution in [0.25, 0.3) is 11.4 Å². The van der Waals surface area contributed by atoms with Crippen molar-refractivity contribution >= 4 is 17.3 Å². The number of carbonyl (C=O) groups is 1. The number of nitrogens with zero attached hydrogens (tertiary/aromatic N) is 5. The largest absolute Gasteiger partial charge is 0.495 e. The fraction of sp³-hybridized carbons (Fsp3) is 0.300. The van der Waals surface area contributed by atoms with E-state index in [-0.39, 0.29) is 12.5 Å². The van der Waals surface area contributed by atoms with E-state index in [0.717, 1.165) is 37.6 Å². The standard InChI is InChI=1S/C20H22N6O3/c1-28-18-5-3-2-4-17(18)21-19(27)14-26-23-20(22-24-26)15-6-8-16(9-7-15)25-10-12-29-13-11-25/h2-9H,10-14H2,1H3,(H,21,27). The maximum atomic E-state index is 12.3. The fourth-order valence-corrected chi connectivity index (χ4v) is 3.13. The van der Waals surface area contributed by atoms with Crippen molar-refractivity contribution in [3.63, 3.8) is 0 Å². The van der Waals surface area contributed by atoms with E-state index in [1.807, 2.05) is 36.4 Å². The second-order valence-corrected chi connectivity index (χ2v) is 6.54. The molecule has 1 aliphatic rings. The summed E-state index contributed by atoms with van der Waals surface area (Å²) in [5, 5.41) is 15.2. The molecule has 4 rings (SSSR count). The number of rotatable bonds is 6. The molecule has 2 heterocycles. The number of morpholine rings is 1. The van der Waals surface area contributed by atoms with E-state index >= 15 is 0 Å². The summed E-state index contributed by atoms with van der Waals surface area (Å²) in [6, 6.07) is 15.2. The van der Waals surface area contributed by atoms with E-state index in [4.69, 9.17) is 9.47 Å². The monoisotopic (exact) mass is 394 g/mol. The number of anilines is 2. The van der Waals surface area contributed by atoms with Crippen LogP contribution in [-0.4, -0.2) is 59.5 Å². The maximum Gasteiger partial charge on any atom is 0.248 e. The molecule has 1 aliphatic heterocycles. The van der Waals surface area contributed by atoms with Gasteiger partial charge in [-0.25, -0.2) is 0 Å². The first kappa shape index (κ1) is 18.9. The molecule has 1 saturated heterocycles. The van der Waals surface area contributed by atoms with Gasteiger partial charge < -0.3 is 19.7 Å². The van der Waals surface area contributed by atoms with Crippen molar-refractivity contribution in [2.75, 3.05) is 43.6 Å². The van der Waals surface area contributed by atoms with Crippen LogP contribution >= 0.6 is 0 Å². The molecule has 0 saturated carbocycles. The summed E-state index contributed by atoms with van der Waals surface area (Å²) in [5.41, 5.74) is 2.58. The molecule has 9 heteroatoms. The van der Waals surface area contributed by atoms with Crippen LogP contribution in [0.5, 0.6) is 5.75 Å². The number of hydrogen-bond donors (Lipinski definition) is 1. The van der Waals surface area contributed by atoms with Gasteiger partial charge in [-0.2, -0.15) is 4.80 Å². The van der Waals surface area contributed by atoms with E-state index in [1.165, 1.54) is 4.80 Å². The van der Waals surface area contributed by atoms with Crippen LogP contribution < -0.4 is 15.0 Å². The number of carbonyl (C=O) groups excluding carboxylic acids is 1. The van der Waals surface area contributed by atoms with Crippen molar-refractivity contribution < 1.29 is 14.3 Å². The molecule has 0 aliphatic carbocycles. The van der Waals surface area contributed by atoms with Crippen LogP contribution in [0.2, 0.25) is 0 Å². The van der Waals surface area contributed by atoms with Gasteiger partial charge in [0.1, 0.15) is 12.3 Å². The second kappa shape index (κ2) is 8.70. The molecule has 0 bridgehead atoms. The number of methoxy groups -OCH3 is 1. The average molecular weight is 394 g/mol. The molecule has 1 aromatic heterocycles. The minimum atomic E-state index is -0.263. The van der Waals surface area contributed by atoms with Crippen LogP contribution in [0.15, 0.2) is 48.5 Å². The lowest BCUT2D eigenvalue weighted by Gasteiger charge is -2.28. The minimum absolute atomic E-state index is 0.0447. The van der Waals surface area contributed by atoms with Gasteiger partial charge in [-0.05, 0) is 41.6 Å². The highest BCUT2D eigenvalue weighted by Gasteiger charge is 2.13. The topological polar surface area (TPSA) is 94.4 Å². The first-order valence-corrected chi connectivity index (χ1v) is 9.37. The van der Waals surface area contributed by atoms with Gasteiger partial charge in [0.05, 0.1) is 26.0 Å². The summed E-state index contributed by atoms with van der Waals surface area (Å²) in [6.07, 6.45) is 0. The highest BCUT2D eigenvalue weighted by molar-refractivity contribution is 5.92. The van der Waals surface area contributed by atoms with E-state index in [9.17, 15) is 4.79 Å². The molecule has 0 spiro atoms. The molecule has 9 nitrogen and oxygen atoms in total. The Bertz CT molecular complexity index is 966. The van der Waals surface area contributed by atoms with Crippen molar-refractivity contribution in [3.8, 4) is 17.1 Å². The van der Waals surface area contributed by atoms with Crippen molar-refractivity contribution in [2.45, 2.75) is 6.54 Å². The Kier molecular flexibility index (Phi) is 5.66. The number of tetrazole rings is 1. The fourth-order valence-electron chi connectivity index (χ4n) is 3.13. The highest BCUT2D eigenvalue weighted by atomic mass is 16.5. The van der Waals surface area contributed by atoms with Gasteiger partial charge in [-0.1, -0.05) is 12.1 Å². The Hall–Kier alpha value is -3.46. The van der Waals surface area contributed by atoms with Crippen molar-refractivity contribution in [1.82, 2.24) is 20.2 Å². The number of para-hydroxylation sites is 2. The second-order valence-electron chi connectivity index (χ2n) is 6.54. The lowest BCUT2D eigenvalue weighted by molar-refractivity contribution is -0.117.